The van der Waals surface area contributed by atoms with E-state index in [4.69, 9.17) is 4.74 Å². The lowest BCUT2D eigenvalue weighted by Gasteiger charge is -2.08. The zero-order valence-corrected chi connectivity index (χ0v) is 7.69. The van der Waals surface area contributed by atoms with E-state index in [0.717, 1.165) is 6.42 Å². The number of ether oxygens (including phenoxy) is 1. The summed E-state index contributed by atoms with van der Waals surface area (Å²) in [5, 5.41) is 9.29. The van der Waals surface area contributed by atoms with Gasteiger partial charge in [-0.05, 0) is 19.3 Å². The first-order valence-corrected chi connectivity index (χ1v) is 5.01. The van der Waals surface area contributed by atoms with E-state index >= 15 is 0 Å². The molecule has 1 N–H and O–H groups in total. The zero-order chi connectivity index (χ0) is 9.22. The molecule has 72 valence electrons. The highest BCUT2D eigenvalue weighted by Crippen LogP contribution is 2.70. The summed E-state index contributed by atoms with van der Waals surface area (Å²) in [7, 11) is 0. The molecular formula is C10H14O3. The normalized spacial score (nSPS) is 57.8. The maximum atomic E-state index is 11.6. The monoisotopic (exact) mass is 182 g/mol. The lowest BCUT2D eigenvalue weighted by atomic mass is 9.97. The zero-order valence-electron chi connectivity index (χ0n) is 7.69. The van der Waals surface area contributed by atoms with E-state index in [0.29, 0.717) is 24.4 Å². The van der Waals surface area contributed by atoms with Crippen LogP contribution in [0.1, 0.15) is 19.8 Å². The average Bonchev–Trinajstić information content (AvgIpc) is 2.94. The number of epoxide rings is 1. The van der Waals surface area contributed by atoms with Crippen molar-refractivity contribution < 1.29 is 14.6 Å². The van der Waals surface area contributed by atoms with Gasteiger partial charge in [-0.15, -0.1) is 0 Å². The number of carbonyl (C=O) groups is 1. The Morgan fingerprint density at radius 3 is 2.85 bits per heavy atom. The van der Waals surface area contributed by atoms with Crippen molar-refractivity contribution in [3.8, 4) is 0 Å². The molecule has 0 unspecified atom stereocenters. The molecule has 0 amide bonds. The van der Waals surface area contributed by atoms with Gasteiger partial charge in [-0.3, -0.25) is 4.79 Å². The minimum Gasteiger partial charge on any atom is -0.395 e. The van der Waals surface area contributed by atoms with Gasteiger partial charge in [0, 0.05) is 12.3 Å². The molecule has 1 heterocycles. The molecule has 13 heavy (non-hydrogen) atoms. The van der Waals surface area contributed by atoms with Crippen LogP contribution in [0.15, 0.2) is 0 Å². The summed E-state index contributed by atoms with van der Waals surface area (Å²) in [6.45, 7) is 2.07. The highest BCUT2D eigenvalue weighted by Gasteiger charge is 2.76. The van der Waals surface area contributed by atoms with E-state index in [1.165, 1.54) is 0 Å². The van der Waals surface area contributed by atoms with Crippen molar-refractivity contribution in [2.45, 2.75) is 32.0 Å². The largest absolute Gasteiger partial charge is 0.395 e. The molecule has 0 radical (unpaired) electrons. The Bertz CT molecular complexity index is 275. The number of aliphatic hydroxyl groups is 1. The van der Waals surface area contributed by atoms with Crippen molar-refractivity contribution in [3.05, 3.63) is 0 Å². The Hall–Kier alpha value is -0.410. The predicted octanol–water partition coefficient (Wildman–Crippen LogP) is 0.361. The van der Waals surface area contributed by atoms with Gasteiger partial charge < -0.3 is 9.84 Å². The van der Waals surface area contributed by atoms with Gasteiger partial charge in [0.1, 0.15) is 5.78 Å². The Labute approximate surface area is 77.1 Å². The van der Waals surface area contributed by atoms with Crippen molar-refractivity contribution >= 4 is 5.78 Å². The average molecular weight is 182 g/mol. The molecule has 3 rings (SSSR count). The van der Waals surface area contributed by atoms with Crippen LogP contribution in [-0.2, 0) is 9.53 Å². The van der Waals surface area contributed by atoms with Gasteiger partial charge in [-0.1, -0.05) is 0 Å². The minimum atomic E-state index is -0.366. The summed E-state index contributed by atoms with van der Waals surface area (Å²) in [6, 6.07) is 0. The molecule has 3 heteroatoms. The van der Waals surface area contributed by atoms with E-state index in [2.05, 4.69) is 0 Å². The van der Waals surface area contributed by atoms with Crippen molar-refractivity contribution in [2.75, 3.05) is 6.61 Å². The summed E-state index contributed by atoms with van der Waals surface area (Å²) in [5.41, 5.74) is -0.366. The van der Waals surface area contributed by atoms with Crippen LogP contribution < -0.4 is 0 Å². The Balaban J connectivity index is 1.84. The first-order chi connectivity index (χ1) is 6.21. The summed E-state index contributed by atoms with van der Waals surface area (Å²) in [4.78, 5) is 11.6. The maximum absolute atomic E-state index is 11.6. The van der Waals surface area contributed by atoms with E-state index < -0.39 is 0 Å². The van der Waals surface area contributed by atoms with Crippen LogP contribution >= 0.6 is 0 Å². The molecule has 5 atom stereocenters. The molecule has 1 saturated heterocycles. The van der Waals surface area contributed by atoms with Gasteiger partial charge in [0.15, 0.2) is 0 Å². The molecule has 0 aromatic rings. The van der Waals surface area contributed by atoms with E-state index in [-0.39, 0.29) is 23.9 Å². The lowest BCUT2D eigenvalue weighted by Crippen LogP contribution is -2.22. The molecule has 3 aliphatic rings. The van der Waals surface area contributed by atoms with Crippen molar-refractivity contribution in [3.63, 3.8) is 0 Å². The third kappa shape index (κ3) is 0.754. The lowest BCUT2D eigenvalue weighted by molar-refractivity contribution is -0.124. The van der Waals surface area contributed by atoms with Crippen LogP contribution in [0.2, 0.25) is 0 Å². The molecule has 0 aromatic heterocycles. The number of ketones is 1. The Kier molecular flexibility index (Phi) is 1.31. The molecule has 3 nitrogen and oxygen atoms in total. The van der Waals surface area contributed by atoms with E-state index in [1.54, 1.807) is 0 Å². The predicted molar refractivity (Wildman–Crippen MR) is 45.1 cm³/mol. The highest BCUT2D eigenvalue weighted by atomic mass is 16.6. The Morgan fingerprint density at radius 2 is 2.38 bits per heavy atom. The molecule has 1 aliphatic heterocycles. The molecule has 0 bridgehead atoms. The molecule has 0 spiro atoms. The first kappa shape index (κ1) is 7.94. The number of hydrogen-bond acceptors (Lipinski definition) is 3. The summed E-state index contributed by atoms with van der Waals surface area (Å²) in [5.74, 6) is 1.04. The number of carbonyl (C=O) groups excluding carboxylic acids is 1. The fourth-order valence-corrected chi connectivity index (χ4v) is 3.31. The van der Waals surface area contributed by atoms with Crippen LogP contribution in [0.5, 0.6) is 0 Å². The number of fused-ring (bicyclic) bond motifs is 1. The number of Topliss-reactive ketones (excluding diaryl/α,β-unsaturated/α-hetero) is 1. The summed E-state index contributed by atoms with van der Waals surface area (Å²) < 4.78 is 5.39. The molecular weight excluding hydrogens is 168 g/mol. The standard InChI is InChI=1S/C10H14O3/c1-5-9(13-5)8-6-2-3-7(12)10(6,8)4-11/h5-6,8-9,11H,2-4H2,1H3/t5-,6+,8-,9+,10-/m1/s1. The summed E-state index contributed by atoms with van der Waals surface area (Å²) in [6.07, 6.45) is 2.22. The van der Waals surface area contributed by atoms with Crippen molar-refractivity contribution in [1.82, 2.24) is 0 Å². The number of rotatable bonds is 2. The SMILES string of the molecule is C[C@H]1O[C@@H]1[C@H]1[C@@H]2CCC(=O)[C@]12CO. The first-order valence-electron chi connectivity index (χ1n) is 5.01. The van der Waals surface area contributed by atoms with Gasteiger partial charge >= 0.3 is 0 Å². The van der Waals surface area contributed by atoms with E-state index in [1.807, 2.05) is 6.92 Å². The fraction of sp³-hybridized carbons (Fsp3) is 0.900. The highest BCUT2D eigenvalue weighted by molar-refractivity contribution is 5.92. The van der Waals surface area contributed by atoms with E-state index in [9.17, 15) is 9.90 Å². The topological polar surface area (TPSA) is 49.8 Å². The molecule has 3 fully saturated rings. The number of hydrogen-bond donors (Lipinski definition) is 1. The van der Waals surface area contributed by atoms with Gasteiger partial charge in [-0.25, -0.2) is 0 Å². The van der Waals surface area contributed by atoms with Crippen LogP contribution in [-0.4, -0.2) is 29.7 Å². The van der Waals surface area contributed by atoms with Gasteiger partial charge in [0.25, 0.3) is 0 Å². The third-order valence-corrected chi connectivity index (χ3v) is 4.16. The third-order valence-electron chi connectivity index (χ3n) is 4.16. The van der Waals surface area contributed by atoms with Crippen molar-refractivity contribution in [2.24, 2.45) is 17.3 Å². The van der Waals surface area contributed by atoms with Gasteiger partial charge in [0.05, 0.1) is 24.2 Å². The van der Waals surface area contributed by atoms with Crippen LogP contribution in [0.3, 0.4) is 0 Å². The number of aliphatic hydroxyl groups excluding tert-OH is 1. The minimum absolute atomic E-state index is 0.0355. The quantitative estimate of drug-likeness (QED) is 0.627. The van der Waals surface area contributed by atoms with Gasteiger partial charge in [-0.2, -0.15) is 0 Å². The van der Waals surface area contributed by atoms with Gasteiger partial charge in [0.2, 0.25) is 0 Å². The smallest absolute Gasteiger partial charge is 0.142 e. The van der Waals surface area contributed by atoms with Crippen molar-refractivity contribution in [1.29, 1.82) is 0 Å². The molecule has 2 saturated carbocycles. The second kappa shape index (κ2) is 2.15. The second-order valence-corrected chi connectivity index (χ2v) is 4.60. The fourth-order valence-electron chi connectivity index (χ4n) is 3.31. The van der Waals surface area contributed by atoms with Crippen LogP contribution in [0.25, 0.3) is 0 Å². The molecule has 0 aromatic carbocycles. The summed E-state index contributed by atoms with van der Waals surface area (Å²) >= 11 is 0. The maximum Gasteiger partial charge on any atom is 0.142 e. The van der Waals surface area contributed by atoms with Crippen LogP contribution in [0, 0.1) is 17.3 Å². The van der Waals surface area contributed by atoms with Crippen LogP contribution in [0.4, 0.5) is 0 Å². The second-order valence-electron chi connectivity index (χ2n) is 4.60. The molecule has 2 aliphatic carbocycles. The Morgan fingerprint density at radius 1 is 1.69 bits per heavy atom.